The van der Waals surface area contributed by atoms with Crippen molar-refractivity contribution in [3.05, 3.63) is 48.9 Å². The van der Waals surface area contributed by atoms with Crippen molar-refractivity contribution < 1.29 is 4.74 Å². The van der Waals surface area contributed by atoms with Crippen LogP contribution in [-0.2, 0) is 4.74 Å². The van der Waals surface area contributed by atoms with E-state index in [9.17, 15) is 0 Å². The van der Waals surface area contributed by atoms with E-state index in [0.29, 0.717) is 17.6 Å². The van der Waals surface area contributed by atoms with Gasteiger partial charge < -0.3 is 4.74 Å². The fourth-order valence-electron chi connectivity index (χ4n) is 2.86. The lowest BCUT2D eigenvalue weighted by atomic mass is 10.1. The van der Waals surface area contributed by atoms with Crippen molar-refractivity contribution in [1.82, 2.24) is 24.7 Å². The lowest BCUT2D eigenvalue weighted by molar-refractivity contribution is 0.0315. The molecule has 0 unspecified atom stereocenters. The summed E-state index contributed by atoms with van der Waals surface area (Å²) in [5, 5.41) is 9.63. The molecule has 4 rings (SSSR count). The lowest BCUT2D eigenvalue weighted by Crippen LogP contribution is -2.21. The van der Waals surface area contributed by atoms with Gasteiger partial charge in [-0.25, -0.2) is 4.98 Å². The standard InChI is InChI=1S/C18H19N5OS/c1-2-6-14(7-3-1)23-17(16-12-19-9-10-20-16)21-22-18(23)25-13-15-8-4-5-11-24-15/h1-3,6-7,9-10,12,15H,4-5,8,11,13H2/t15-/m1/s1. The number of para-hydroxylation sites is 1. The number of aromatic nitrogens is 5. The van der Waals surface area contributed by atoms with Crippen LogP contribution in [0.5, 0.6) is 0 Å². The van der Waals surface area contributed by atoms with Gasteiger partial charge in [0.05, 0.1) is 12.3 Å². The highest BCUT2D eigenvalue weighted by atomic mass is 32.2. The normalized spacial score (nSPS) is 17.5. The Morgan fingerprint density at radius 1 is 1.12 bits per heavy atom. The molecule has 0 aliphatic carbocycles. The fourth-order valence-corrected chi connectivity index (χ4v) is 3.88. The Balaban J connectivity index is 1.65. The number of rotatable bonds is 5. The van der Waals surface area contributed by atoms with Crippen LogP contribution in [0.3, 0.4) is 0 Å². The van der Waals surface area contributed by atoms with Crippen molar-refractivity contribution in [2.75, 3.05) is 12.4 Å². The average Bonchev–Trinajstić information content (AvgIpc) is 3.12. The molecule has 0 N–H and O–H groups in total. The highest BCUT2D eigenvalue weighted by Gasteiger charge is 2.20. The summed E-state index contributed by atoms with van der Waals surface area (Å²) < 4.78 is 7.88. The number of benzene rings is 1. The minimum Gasteiger partial charge on any atom is -0.377 e. The van der Waals surface area contributed by atoms with Crippen LogP contribution < -0.4 is 0 Å². The van der Waals surface area contributed by atoms with Gasteiger partial charge >= 0.3 is 0 Å². The van der Waals surface area contributed by atoms with E-state index in [1.54, 1.807) is 30.4 Å². The van der Waals surface area contributed by atoms with E-state index in [4.69, 9.17) is 4.74 Å². The second-order valence-electron chi connectivity index (χ2n) is 5.87. The molecule has 1 aliphatic heterocycles. The second-order valence-corrected chi connectivity index (χ2v) is 6.85. The zero-order valence-electron chi connectivity index (χ0n) is 13.8. The number of thioether (sulfide) groups is 1. The highest BCUT2D eigenvalue weighted by Crippen LogP contribution is 2.28. The molecule has 128 valence electrons. The predicted molar refractivity (Wildman–Crippen MR) is 96.7 cm³/mol. The van der Waals surface area contributed by atoms with E-state index in [0.717, 1.165) is 36.0 Å². The van der Waals surface area contributed by atoms with Gasteiger partial charge in [-0.15, -0.1) is 10.2 Å². The van der Waals surface area contributed by atoms with Crippen LogP contribution >= 0.6 is 11.8 Å². The van der Waals surface area contributed by atoms with Gasteiger partial charge in [0.25, 0.3) is 0 Å². The van der Waals surface area contributed by atoms with Crippen LogP contribution in [-0.4, -0.2) is 43.2 Å². The number of ether oxygens (including phenoxy) is 1. The van der Waals surface area contributed by atoms with Gasteiger partial charge in [-0.2, -0.15) is 0 Å². The minimum absolute atomic E-state index is 0.291. The molecule has 1 saturated heterocycles. The molecular weight excluding hydrogens is 334 g/mol. The summed E-state index contributed by atoms with van der Waals surface area (Å²) in [6.07, 6.45) is 8.84. The van der Waals surface area contributed by atoms with Crippen molar-refractivity contribution in [2.45, 2.75) is 30.5 Å². The first kappa shape index (κ1) is 16.2. The Kier molecular flexibility index (Phi) is 5.03. The molecule has 0 radical (unpaired) electrons. The summed E-state index contributed by atoms with van der Waals surface area (Å²) in [6, 6.07) is 10.1. The predicted octanol–water partition coefficient (Wildman–Crippen LogP) is 3.39. The van der Waals surface area contributed by atoms with Gasteiger partial charge in [0.2, 0.25) is 0 Å². The molecule has 3 aromatic rings. The third-order valence-corrected chi connectivity index (χ3v) is 5.17. The molecule has 0 bridgehead atoms. The quantitative estimate of drug-likeness (QED) is 0.655. The Morgan fingerprint density at radius 3 is 2.80 bits per heavy atom. The van der Waals surface area contributed by atoms with Crippen LogP contribution in [0.1, 0.15) is 19.3 Å². The Labute approximate surface area is 150 Å². The van der Waals surface area contributed by atoms with Crippen LogP contribution in [0.25, 0.3) is 17.2 Å². The fraction of sp³-hybridized carbons (Fsp3) is 0.333. The minimum atomic E-state index is 0.291. The summed E-state index contributed by atoms with van der Waals surface area (Å²) in [7, 11) is 0. The lowest BCUT2D eigenvalue weighted by Gasteiger charge is -2.21. The third kappa shape index (κ3) is 3.72. The second kappa shape index (κ2) is 7.76. The maximum Gasteiger partial charge on any atom is 0.196 e. The zero-order chi connectivity index (χ0) is 16.9. The zero-order valence-corrected chi connectivity index (χ0v) is 14.6. The summed E-state index contributed by atoms with van der Waals surface area (Å²) in [6.45, 7) is 0.863. The summed E-state index contributed by atoms with van der Waals surface area (Å²) in [5.74, 6) is 1.58. The summed E-state index contributed by atoms with van der Waals surface area (Å²) in [4.78, 5) is 8.53. The van der Waals surface area contributed by atoms with Gasteiger partial charge in [-0.3, -0.25) is 9.55 Å². The van der Waals surface area contributed by atoms with Crippen LogP contribution in [0.4, 0.5) is 0 Å². The van der Waals surface area contributed by atoms with Gasteiger partial charge in [0, 0.05) is 30.4 Å². The molecule has 6 nitrogen and oxygen atoms in total. The van der Waals surface area contributed by atoms with Crippen LogP contribution in [0, 0.1) is 0 Å². The molecule has 7 heteroatoms. The topological polar surface area (TPSA) is 65.7 Å². The van der Waals surface area contributed by atoms with Crippen molar-refractivity contribution in [1.29, 1.82) is 0 Å². The van der Waals surface area contributed by atoms with E-state index in [1.165, 1.54) is 6.42 Å². The van der Waals surface area contributed by atoms with E-state index in [2.05, 4.69) is 20.2 Å². The SMILES string of the molecule is c1ccc(-n2c(SC[C@H]3CCCCO3)nnc2-c2cnccn2)cc1. The molecule has 2 aromatic heterocycles. The average molecular weight is 353 g/mol. The Morgan fingerprint density at radius 2 is 2.04 bits per heavy atom. The van der Waals surface area contributed by atoms with Crippen molar-refractivity contribution in [3.63, 3.8) is 0 Å². The van der Waals surface area contributed by atoms with Gasteiger partial charge in [0.15, 0.2) is 11.0 Å². The van der Waals surface area contributed by atoms with E-state index in [1.807, 2.05) is 34.9 Å². The van der Waals surface area contributed by atoms with Crippen LogP contribution in [0.2, 0.25) is 0 Å². The first-order valence-electron chi connectivity index (χ1n) is 8.43. The largest absolute Gasteiger partial charge is 0.377 e. The van der Waals surface area contributed by atoms with E-state index < -0.39 is 0 Å². The summed E-state index contributed by atoms with van der Waals surface area (Å²) >= 11 is 1.68. The van der Waals surface area contributed by atoms with Gasteiger partial charge in [0.1, 0.15) is 5.69 Å². The number of nitrogens with zero attached hydrogens (tertiary/aromatic N) is 5. The van der Waals surface area contributed by atoms with E-state index in [-0.39, 0.29) is 0 Å². The molecule has 3 heterocycles. The first-order chi connectivity index (χ1) is 12.4. The number of hydrogen-bond donors (Lipinski definition) is 0. The maximum atomic E-state index is 5.84. The smallest absolute Gasteiger partial charge is 0.196 e. The molecule has 1 aliphatic rings. The van der Waals surface area contributed by atoms with Gasteiger partial charge in [-0.05, 0) is 31.4 Å². The first-order valence-corrected chi connectivity index (χ1v) is 9.42. The molecule has 25 heavy (non-hydrogen) atoms. The molecular formula is C18H19N5OS. The van der Waals surface area contributed by atoms with Gasteiger partial charge in [-0.1, -0.05) is 30.0 Å². The molecule has 0 amide bonds. The molecule has 1 atom stereocenters. The number of hydrogen-bond acceptors (Lipinski definition) is 6. The third-order valence-electron chi connectivity index (χ3n) is 4.11. The highest BCUT2D eigenvalue weighted by molar-refractivity contribution is 7.99. The summed E-state index contributed by atoms with van der Waals surface area (Å²) in [5.41, 5.74) is 1.72. The molecule has 1 fully saturated rings. The van der Waals surface area contributed by atoms with Crippen molar-refractivity contribution in [2.24, 2.45) is 0 Å². The van der Waals surface area contributed by atoms with Crippen molar-refractivity contribution in [3.8, 4) is 17.2 Å². The molecule has 0 saturated carbocycles. The molecule has 1 aromatic carbocycles. The van der Waals surface area contributed by atoms with Crippen molar-refractivity contribution >= 4 is 11.8 Å². The monoisotopic (exact) mass is 353 g/mol. The molecule has 0 spiro atoms. The Bertz CT molecular complexity index is 803. The van der Waals surface area contributed by atoms with E-state index >= 15 is 0 Å². The maximum absolute atomic E-state index is 5.84. The Hall–Kier alpha value is -2.25. The van der Waals surface area contributed by atoms with Crippen LogP contribution in [0.15, 0.2) is 54.1 Å².